The van der Waals surface area contributed by atoms with Crippen molar-refractivity contribution in [2.75, 3.05) is 19.6 Å². The predicted octanol–water partition coefficient (Wildman–Crippen LogP) is 2.08. The molecule has 1 heterocycles. The third-order valence-corrected chi connectivity index (χ3v) is 2.59. The summed E-state index contributed by atoms with van der Waals surface area (Å²) in [5, 5.41) is 2.50. The Morgan fingerprint density at radius 2 is 2.21 bits per heavy atom. The molecular weight excluding hydrogens is 285 g/mol. The Labute approximate surface area is 112 Å². The first-order valence-corrected chi connectivity index (χ1v) is 5.81. The molecule has 0 fully saturated rings. The molecule has 106 valence electrons. The minimum absolute atomic E-state index is 0.112. The molecule has 0 aliphatic rings. The summed E-state index contributed by atoms with van der Waals surface area (Å²) in [5.74, 6) is -0.475. The Bertz CT molecular complexity index is 423. The van der Waals surface area contributed by atoms with E-state index in [-0.39, 0.29) is 18.2 Å². The van der Waals surface area contributed by atoms with Crippen molar-refractivity contribution in [3.63, 3.8) is 0 Å². The van der Waals surface area contributed by atoms with Crippen LogP contribution in [0.2, 0.25) is 0 Å². The molecule has 1 aromatic rings. The van der Waals surface area contributed by atoms with Crippen molar-refractivity contribution in [2.45, 2.75) is 12.2 Å². The zero-order chi connectivity index (χ0) is 14.5. The fourth-order valence-corrected chi connectivity index (χ4v) is 1.45. The molecule has 0 aliphatic carbocycles. The van der Waals surface area contributed by atoms with E-state index < -0.39 is 23.7 Å². The van der Waals surface area contributed by atoms with Gasteiger partial charge < -0.3 is 10.1 Å². The van der Waals surface area contributed by atoms with Crippen LogP contribution in [0.15, 0.2) is 18.3 Å². The van der Waals surface area contributed by atoms with Crippen molar-refractivity contribution in [3.05, 3.63) is 29.6 Å². The van der Waals surface area contributed by atoms with Crippen LogP contribution in [0, 0.1) is 0 Å². The molecule has 1 amide bonds. The van der Waals surface area contributed by atoms with Gasteiger partial charge in [-0.25, -0.2) is 0 Å². The lowest BCUT2D eigenvalue weighted by Crippen LogP contribution is -2.39. The van der Waals surface area contributed by atoms with Gasteiger partial charge in [0.15, 0.2) is 0 Å². The number of nitrogens with one attached hydrogen (secondary N) is 1. The van der Waals surface area contributed by atoms with Crippen LogP contribution in [-0.4, -0.2) is 36.5 Å². The average molecular weight is 297 g/mol. The number of hydrogen-bond donors (Lipinski definition) is 1. The van der Waals surface area contributed by atoms with Crippen molar-refractivity contribution in [3.8, 4) is 0 Å². The van der Waals surface area contributed by atoms with E-state index in [4.69, 9.17) is 16.3 Å². The highest BCUT2D eigenvalue weighted by Gasteiger charge is 2.31. The number of ether oxygens (including phenoxy) is 1. The number of carbonyl (C=O) groups excluding carboxylic acids is 1. The molecule has 8 heteroatoms. The highest BCUT2D eigenvalue weighted by Crippen LogP contribution is 2.28. The zero-order valence-corrected chi connectivity index (χ0v) is 10.8. The second kappa shape index (κ2) is 6.72. The summed E-state index contributed by atoms with van der Waals surface area (Å²) >= 11 is 5.60. The van der Waals surface area contributed by atoms with Gasteiger partial charge in [-0.3, -0.25) is 9.78 Å². The second-order valence-electron chi connectivity index (χ2n) is 3.71. The van der Waals surface area contributed by atoms with Gasteiger partial charge in [0, 0.05) is 19.2 Å². The molecule has 0 saturated heterocycles. The van der Waals surface area contributed by atoms with E-state index in [1.165, 1.54) is 7.11 Å². The second-order valence-corrected chi connectivity index (χ2v) is 4.02. The van der Waals surface area contributed by atoms with Crippen LogP contribution in [0.1, 0.15) is 16.1 Å². The minimum Gasteiger partial charge on any atom is -0.383 e. The van der Waals surface area contributed by atoms with E-state index in [0.717, 1.165) is 12.1 Å². The fraction of sp³-hybridized carbons (Fsp3) is 0.455. The number of amides is 1. The lowest BCUT2D eigenvalue weighted by atomic mass is 10.2. The van der Waals surface area contributed by atoms with Crippen molar-refractivity contribution in [1.29, 1.82) is 0 Å². The number of halogens is 4. The molecule has 1 aromatic heterocycles. The van der Waals surface area contributed by atoms with E-state index in [1.54, 1.807) is 0 Å². The van der Waals surface area contributed by atoms with Gasteiger partial charge in [0.25, 0.3) is 5.91 Å². The van der Waals surface area contributed by atoms with Crippen molar-refractivity contribution >= 4 is 17.5 Å². The largest absolute Gasteiger partial charge is 0.417 e. The first-order valence-electron chi connectivity index (χ1n) is 5.27. The lowest BCUT2D eigenvalue weighted by molar-refractivity contribution is -0.137. The summed E-state index contributed by atoms with van der Waals surface area (Å²) < 4.78 is 41.8. The molecule has 0 bridgehead atoms. The van der Waals surface area contributed by atoms with E-state index in [9.17, 15) is 18.0 Å². The zero-order valence-electron chi connectivity index (χ0n) is 10.00. The number of rotatable bonds is 5. The SMILES string of the molecule is COCC(CCl)NC(=O)c1ccc(C(F)(F)F)cn1. The Hall–Kier alpha value is -1.34. The third kappa shape index (κ3) is 4.68. The first kappa shape index (κ1) is 15.7. The lowest BCUT2D eigenvalue weighted by Gasteiger charge is -2.14. The molecule has 1 rings (SSSR count). The summed E-state index contributed by atoms with van der Waals surface area (Å²) in [4.78, 5) is 15.2. The van der Waals surface area contributed by atoms with Crippen LogP contribution >= 0.6 is 11.6 Å². The Morgan fingerprint density at radius 1 is 1.53 bits per heavy atom. The topological polar surface area (TPSA) is 51.2 Å². The van der Waals surface area contributed by atoms with Crippen LogP contribution in [0.3, 0.4) is 0 Å². The van der Waals surface area contributed by atoms with E-state index in [1.807, 2.05) is 0 Å². The van der Waals surface area contributed by atoms with Gasteiger partial charge in [-0.15, -0.1) is 11.6 Å². The first-order chi connectivity index (χ1) is 8.88. The van der Waals surface area contributed by atoms with Crippen molar-refractivity contribution in [1.82, 2.24) is 10.3 Å². The molecule has 1 N–H and O–H groups in total. The van der Waals surface area contributed by atoms with Gasteiger partial charge >= 0.3 is 6.18 Å². The van der Waals surface area contributed by atoms with Gasteiger partial charge in [-0.1, -0.05) is 0 Å². The minimum atomic E-state index is -4.48. The molecule has 0 spiro atoms. The Balaban J connectivity index is 2.73. The molecule has 19 heavy (non-hydrogen) atoms. The van der Waals surface area contributed by atoms with Crippen LogP contribution in [0.5, 0.6) is 0 Å². The van der Waals surface area contributed by atoms with Crippen LogP contribution in [0.4, 0.5) is 13.2 Å². The van der Waals surface area contributed by atoms with E-state index in [0.29, 0.717) is 6.20 Å². The van der Waals surface area contributed by atoms with Crippen LogP contribution in [0.25, 0.3) is 0 Å². The Morgan fingerprint density at radius 3 is 2.63 bits per heavy atom. The van der Waals surface area contributed by atoms with Crippen LogP contribution < -0.4 is 5.32 Å². The highest BCUT2D eigenvalue weighted by atomic mass is 35.5. The monoisotopic (exact) mass is 296 g/mol. The predicted molar refractivity (Wildman–Crippen MR) is 63.1 cm³/mol. The van der Waals surface area contributed by atoms with E-state index in [2.05, 4.69) is 10.3 Å². The number of alkyl halides is 4. The molecule has 4 nitrogen and oxygen atoms in total. The molecule has 0 aliphatic heterocycles. The van der Waals surface area contributed by atoms with Gasteiger partial charge in [0.05, 0.1) is 18.2 Å². The number of pyridine rings is 1. The standard InChI is InChI=1S/C11H12ClF3N2O2/c1-19-6-8(4-12)17-10(18)9-3-2-7(5-16-9)11(13,14)15/h2-3,5,8H,4,6H2,1H3,(H,17,18). The van der Waals surface area contributed by atoms with Crippen molar-refractivity contribution < 1.29 is 22.7 Å². The molecule has 0 saturated carbocycles. The summed E-state index contributed by atoms with van der Waals surface area (Å²) in [6.45, 7) is 0.204. The summed E-state index contributed by atoms with van der Waals surface area (Å²) in [6.07, 6.45) is -3.86. The summed E-state index contributed by atoms with van der Waals surface area (Å²) in [6, 6.07) is 1.38. The molecule has 0 aromatic carbocycles. The summed E-state index contributed by atoms with van der Waals surface area (Å²) in [7, 11) is 1.45. The Kier molecular flexibility index (Phi) is 5.56. The molecule has 0 radical (unpaired) electrons. The molecule has 1 unspecified atom stereocenters. The van der Waals surface area contributed by atoms with Gasteiger partial charge in [-0.2, -0.15) is 13.2 Å². The quantitative estimate of drug-likeness (QED) is 0.847. The van der Waals surface area contributed by atoms with Crippen molar-refractivity contribution in [2.24, 2.45) is 0 Å². The van der Waals surface area contributed by atoms with Gasteiger partial charge in [-0.05, 0) is 12.1 Å². The average Bonchev–Trinajstić information content (AvgIpc) is 2.37. The van der Waals surface area contributed by atoms with Crippen LogP contribution in [-0.2, 0) is 10.9 Å². The normalized spacial score (nSPS) is 13.1. The number of methoxy groups -OCH3 is 1. The maximum Gasteiger partial charge on any atom is 0.417 e. The smallest absolute Gasteiger partial charge is 0.383 e. The number of hydrogen-bond acceptors (Lipinski definition) is 3. The third-order valence-electron chi connectivity index (χ3n) is 2.21. The van der Waals surface area contributed by atoms with Gasteiger partial charge in [0.2, 0.25) is 0 Å². The number of aromatic nitrogens is 1. The van der Waals surface area contributed by atoms with Gasteiger partial charge in [0.1, 0.15) is 5.69 Å². The number of carbonyl (C=O) groups is 1. The van der Waals surface area contributed by atoms with E-state index >= 15 is 0 Å². The molecule has 1 atom stereocenters. The molecular formula is C11H12ClF3N2O2. The highest BCUT2D eigenvalue weighted by molar-refractivity contribution is 6.18. The maximum absolute atomic E-state index is 12.3. The summed E-state index contributed by atoms with van der Waals surface area (Å²) in [5.41, 5.74) is -1.02. The number of nitrogens with zero attached hydrogens (tertiary/aromatic N) is 1. The maximum atomic E-state index is 12.3. The fourth-order valence-electron chi connectivity index (χ4n) is 1.28.